The predicted octanol–water partition coefficient (Wildman–Crippen LogP) is -0.113. The van der Waals surface area contributed by atoms with Crippen LogP contribution < -0.4 is 0 Å². The lowest BCUT2D eigenvalue weighted by molar-refractivity contribution is -0.136. The first-order chi connectivity index (χ1) is 6.02. The second-order valence-corrected chi connectivity index (χ2v) is 5.15. The number of rotatable bonds is 4. The van der Waals surface area contributed by atoms with Crippen molar-refractivity contribution in [3.05, 3.63) is 0 Å². The van der Waals surface area contributed by atoms with Crippen LogP contribution in [0.2, 0.25) is 0 Å². The summed E-state index contributed by atoms with van der Waals surface area (Å²) in [5, 5.41) is 8.34. The molecule has 0 atom stereocenters. The number of nitrogens with zero attached hydrogens (tertiary/aromatic N) is 1. The van der Waals surface area contributed by atoms with Gasteiger partial charge in [0.1, 0.15) is 0 Å². The van der Waals surface area contributed by atoms with E-state index in [0.29, 0.717) is 13.1 Å². The Morgan fingerprint density at radius 1 is 1.31 bits per heavy atom. The molecule has 0 spiro atoms. The third-order valence-electron chi connectivity index (χ3n) is 2.03. The van der Waals surface area contributed by atoms with E-state index in [9.17, 15) is 13.2 Å². The van der Waals surface area contributed by atoms with Crippen LogP contribution in [-0.4, -0.2) is 42.6 Å². The van der Waals surface area contributed by atoms with E-state index in [-0.39, 0.29) is 12.2 Å². The van der Waals surface area contributed by atoms with Crippen LogP contribution in [-0.2, 0) is 14.8 Å². The standard InChI is InChI=1S/C7H13NO4S/c9-7(10)3-6-13(11,12)8-4-1-2-5-8/h1-6H2,(H,9,10). The maximum atomic E-state index is 11.4. The minimum atomic E-state index is -3.30. The molecule has 1 rings (SSSR count). The molecule has 1 saturated heterocycles. The van der Waals surface area contributed by atoms with Gasteiger partial charge in [0.15, 0.2) is 0 Å². The molecule has 1 N–H and O–H groups in total. The van der Waals surface area contributed by atoms with E-state index in [1.54, 1.807) is 0 Å². The fourth-order valence-corrected chi connectivity index (χ4v) is 2.82. The van der Waals surface area contributed by atoms with Crippen molar-refractivity contribution >= 4 is 16.0 Å². The van der Waals surface area contributed by atoms with Crippen LogP contribution in [0.15, 0.2) is 0 Å². The largest absolute Gasteiger partial charge is 0.481 e. The number of hydrogen-bond acceptors (Lipinski definition) is 3. The van der Waals surface area contributed by atoms with E-state index in [4.69, 9.17) is 5.11 Å². The summed E-state index contributed by atoms with van der Waals surface area (Å²) < 4.78 is 24.2. The van der Waals surface area contributed by atoms with Gasteiger partial charge in [-0.05, 0) is 12.8 Å². The van der Waals surface area contributed by atoms with Gasteiger partial charge in [-0.3, -0.25) is 4.79 Å². The van der Waals surface area contributed by atoms with E-state index in [0.717, 1.165) is 12.8 Å². The first kappa shape index (κ1) is 10.5. The van der Waals surface area contributed by atoms with E-state index in [2.05, 4.69) is 0 Å². The molecular formula is C7H13NO4S. The van der Waals surface area contributed by atoms with Gasteiger partial charge in [-0.25, -0.2) is 12.7 Å². The quantitative estimate of drug-likeness (QED) is 0.697. The minimum Gasteiger partial charge on any atom is -0.481 e. The zero-order valence-corrected chi connectivity index (χ0v) is 8.09. The molecule has 13 heavy (non-hydrogen) atoms. The number of aliphatic carboxylic acids is 1. The predicted molar refractivity (Wildman–Crippen MR) is 46.8 cm³/mol. The molecule has 6 heteroatoms. The van der Waals surface area contributed by atoms with Crippen molar-refractivity contribution < 1.29 is 18.3 Å². The molecule has 0 radical (unpaired) electrons. The third-order valence-corrected chi connectivity index (χ3v) is 3.90. The number of sulfonamides is 1. The highest BCUT2D eigenvalue weighted by molar-refractivity contribution is 7.89. The lowest BCUT2D eigenvalue weighted by Crippen LogP contribution is -2.30. The van der Waals surface area contributed by atoms with Crippen molar-refractivity contribution in [1.29, 1.82) is 0 Å². The molecule has 0 bridgehead atoms. The van der Waals surface area contributed by atoms with E-state index in [1.165, 1.54) is 4.31 Å². The smallest absolute Gasteiger partial charge is 0.304 e. The summed E-state index contributed by atoms with van der Waals surface area (Å²) in [6.07, 6.45) is 1.46. The molecule has 5 nitrogen and oxygen atoms in total. The number of hydrogen-bond donors (Lipinski definition) is 1. The number of carbonyl (C=O) groups is 1. The summed E-state index contributed by atoms with van der Waals surface area (Å²) in [5.74, 6) is -1.34. The van der Waals surface area contributed by atoms with Crippen LogP contribution in [0.4, 0.5) is 0 Å². The van der Waals surface area contributed by atoms with Gasteiger partial charge in [0.2, 0.25) is 10.0 Å². The first-order valence-electron chi connectivity index (χ1n) is 4.22. The molecule has 76 valence electrons. The van der Waals surface area contributed by atoms with Crippen molar-refractivity contribution in [3.8, 4) is 0 Å². The van der Waals surface area contributed by atoms with Gasteiger partial charge < -0.3 is 5.11 Å². The Morgan fingerprint density at radius 2 is 1.85 bits per heavy atom. The van der Waals surface area contributed by atoms with E-state index < -0.39 is 16.0 Å². The second-order valence-electron chi connectivity index (χ2n) is 3.07. The molecule has 0 aromatic rings. The van der Waals surface area contributed by atoms with Gasteiger partial charge in [-0.15, -0.1) is 0 Å². The van der Waals surface area contributed by atoms with E-state index >= 15 is 0 Å². The first-order valence-corrected chi connectivity index (χ1v) is 5.83. The second kappa shape index (κ2) is 4.06. The van der Waals surface area contributed by atoms with Crippen LogP contribution in [0.1, 0.15) is 19.3 Å². The van der Waals surface area contributed by atoms with Crippen molar-refractivity contribution in [2.75, 3.05) is 18.8 Å². The van der Waals surface area contributed by atoms with Gasteiger partial charge >= 0.3 is 5.97 Å². The van der Waals surface area contributed by atoms with Crippen molar-refractivity contribution in [2.45, 2.75) is 19.3 Å². The van der Waals surface area contributed by atoms with Crippen molar-refractivity contribution in [3.63, 3.8) is 0 Å². The molecule has 1 fully saturated rings. The topological polar surface area (TPSA) is 74.7 Å². The summed E-state index contributed by atoms with van der Waals surface area (Å²) in [5.41, 5.74) is 0. The molecule has 0 aliphatic carbocycles. The van der Waals surface area contributed by atoms with Crippen LogP contribution in [0.25, 0.3) is 0 Å². The number of carboxylic acids is 1. The fraction of sp³-hybridized carbons (Fsp3) is 0.857. The third kappa shape index (κ3) is 2.96. The molecule has 0 aromatic carbocycles. The Labute approximate surface area is 77.4 Å². The van der Waals surface area contributed by atoms with Gasteiger partial charge in [0.25, 0.3) is 0 Å². The number of carboxylic acid groups (broad SMARTS) is 1. The summed E-state index contributed by atoms with van der Waals surface area (Å²) in [6.45, 7) is 1.09. The maximum absolute atomic E-state index is 11.4. The zero-order chi connectivity index (χ0) is 9.90. The van der Waals surface area contributed by atoms with Crippen LogP contribution in [0, 0.1) is 0 Å². The summed E-state index contributed by atoms with van der Waals surface area (Å²) in [7, 11) is -3.30. The average Bonchev–Trinajstić information content (AvgIpc) is 2.53. The molecular weight excluding hydrogens is 194 g/mol. The van der Waals surface area contributed by atoms with Crippen molar-refractivity contribution in [2.24, 2.45) is 0 Å². The Morgan fingerprint density at radius 3 is 2.31 bits per heavy atom. The summed E-state index contributed by atoms with van der Waals surface area (Å²) in [4.78, 5) is 10.2. The molecule has 0 aromatic heterocycles. The Kier molecular flexibility index (Phi) is 3.27. The van der Waals surface area contributed by atoms with E-state index in [1.807, 2.05) is 0 Å². The summed E-state index contributed by atoms with van der Waals surface area (Å²) in [6, 6.07) is 0. The van der Waals surface area contributed by atoms with Gasteiger partial charge in [0, 0.05) is 13.1 Å². The zero-order valence-electron chi connectivity index (χ0n) is 7.27. The minimum absolute atomic E-state index is 0.275. The highest BCUT2D eigenvalue weighted by Crippen LogP contribution is 2.13. The van der Waals surface area contributed by atoms with Crippen molar-refractivity contribution in [1.82, 2.24) is 4.31 Å². The maximum Gasteiger partial charge on any atom is 0.304 e. The molecule has 0 amide bonds. The lowest BCUT2D eigenvalue weighted by Gasteiger charge is -2.13. The average molecular weight is 207 g/mol. The van der Waals surface area contributed by atoms with Crippen LogP contribution in [0.5, 0.6) is 0 Å². The highest BCUT2D eigenvalue weighted by Gasteiger charge is 2.25. The molecule has 1 aliphatic rings. The SMILES string of the molecule is O=C(O)CCS(=O)(=O)N1CCCC1. The van der Waals surface area contributed by atoms with Crippen LogP contribution >= 0.6 is 0 Å². The molecule has 1 heterocycles. The highest BCUT2D eigenvalue weighted by atomic mass is 32.2. The Hall–Kier alpha value is -0.620. The summed E-state index contributed by atoms with van der Waals surface area (Å²) >= 11 is 0. The molecule has 0 unspecified atom stereocenters. The Bertz CT molecular complexity index is 279. The Balaban J connectivity index is 2.50. The van der Waals surface area contributed by atoms with Gasteiger partial charge in [-0.1, -0.05) is 0 Å². The van der Waals surface area contributed by atoms with Gasteiger partial charge in [0.05, 0.1) is 12.2 Å². The molecule has 1 aliphatic heterocycles. The van der Waals surface area contributed by atoms with Gasteiger partial charge in [-0.2, -0.15) is 0 Å². The monoisotopic (exact) mass is 207 g/mol. The fourth-order valence-electron chi connectivity index (χ4n) is 1.31. The molecule has 0 saturated carbocycles. The normalized spacial score (nSPS) is 19.1. The van der Waals surface area contributed by atoms with Crippen LogP contribution in [0.3, 0.4) is 0 Å². The lowest BCUT2D eigenvalue weighted by atomic mass is 10.4.